The number of rotatable bonds is 2. The van der Waals surface area contributed by atoms with Crippen LogP contribution in [-0.2, 0) is 4.79 Å². The van der Waals surface area contributed by atoms with Crippen molar-refractivity contribution in [2.45, 2.75) is 25.7 Å². The van der Waals surface area contributed by atoms with Crippen LogP contribution in [0.3, 0.4) is 0 Å². The summed E-state index contributed by atoms with van der Waals surface area (Å²) in [6, 6.07) is 2.01. The summed E-state index contributed by atoms with van der Waals surface area (Å²) >= 11 is 3.82. The smallest absolute Gasteiger partial charge is 0.230 e. The first-order valence-electron chi connectivity index (χ1n) is 4.85. The molecule has 0 fully saturated rings. The van der Waals surface area contributed by atoms with Gasteiger partial charge < -0.3 is 5.32 Å². The Morgan fingerprint density at radius 1 is 1.50 bits per heavy atom. The normalized spacial score (nSPS) is 11.3. The summed E-state index contributed by atoms with van der Waals surface area (Å²) in [7, 11) is 0. The third-order valence-corrected chi connectivity index (χ3v) is 3.48. The summed E-state index contributed by atoms with van der Waals surface area (Å²) in [5, 5.41) is 2.83. The Morgan fingerprint density at radius 2 is 2.12 bits per heavy atom. The number of carbonyl (C=O) groups is 1. The highest BCUT2D eigenvalue weighted by molar-refractivity contribution is 14.1. The van der Waals surface area contributed by atoms with Gasteiger partial charge in [-0.25, -0.2) is 4.98 Å². The van der Waals surface area contributed by atoms with Crippen LogP contribution in [0.4, 0.5) is 5.82 Å². The summed E-state index contributed by atoms with van der Waals surface area (Å²) < 4.78 is 0.960. The maximum Gasteiger partial charge on any atom is 0.230 e. The van der Waals surface area contributed by atoms with Gasteiger partial charge in [-0.15, -0.1) is 11.8 Å². The highest BCUT2D eigenvalue weighted by Crippen LogP contribution is 2.23. The van der Waals surface area contributed by atoms with Gasteiger partial charge in [-0.2, -0.15) is 0 Å². The molecule has 3 nitrogen and oxygen atoms in total. The summed E-state index contributed by atoms with van der Waals surface area (Å²) in [4.78, 5) is 17.1. The highest BCUT2D eigenvalue weighted by atomic mass is 127. The molecule has 0 spiro atoms. The third kappa shape index (κ3) is 3.62. The molecule has 0 aliphatic carbocycles. The van der Waals surface area contributed by atoms with E-state index in [2.05, 4.69) is 32.9 Å². The minimum Gasteiger partial charge on any atom is -0.309 e. The number of nitrogens with zero attached hydrogens (tertiary/aromatic N) is 1. The Bertz CT molecular complexity index is 401. The summed E-state index contributed by atoms with van der Waals surface area (Å²) in [6.45, 7) is 5.64. The predicted molar refractivity (Wildman–Crippen MR) is 76.8 cm³/mol. The first-order chi connectivity index (χ1) is 7.34. The molecule has 0 atom stereocenters. The van der Waals surface area contributed by atoms with Crippen LogP contribution in [0.1, 0.15) is 20.8 Å². The van der Waals surface area contributed by atoms with Gasteiger partial charge in [0.2, 0.25) is 5.91 Å². The van der Waals surface area contributed by atoms with E-state index in [9.17, 15) is 4.79 Å². The standard InChI is InChI=1S/C11H15IN2OS/c1-11(2,3)10(15)14-9-8(12)5-7(16-4)6-13-9/h5-6H,1-4H3,(H,13,14,15). The van der Waals surface area contributed by atoms with Crippen LogP contribution in [0, 0.1) is 8.99 Å². The third-order valence-electron chi connectivity index (χ3n) is 1.96. The molecule has 1 aromatic rings. The van der Waals surface area contributed by atoms with Crippen LogP contribution in [-0.4, -0.2) is 17.1 Å². The Hall–Kier alpha value is -0.300. The zero-order valence-electron chi connectivity index (χ0n) is 9.80. The van der Waals surface area contributed by atoms with Gasteiger partial charge in [0, 0.05) is 16.5 Å². The minimum atomic E-state index is -0.400. The van der Waals surface area contributed by atoms with Gasteiger partial charge in [-0.05, 0) is 34.9 Å². The number of thioether (sulfide) groups is 1. The number of halogens is 1. The first kappa shape index (κ1) is 13.8. The van der Waals surface area contributed by atoms with Crippen molar-refractivity contribution in [2.24, 2.45) is 5.41 Å². The molecule has 0 aliphatic heterocycles. The lowest BCUT2D eigenvalue weighted by Gasteiger charge is -2.17. The summed E-state index contributed by atoms with van der Waals surface area (Å²) in [6.07, 6.45) is 3.77. The average Bonchev–Trinajstić information content (AvgIpc) is 2.19. The molecule has 0 saturated heterocycles. The van der Waals surface area contributed by atoms with Crippen LogP contribution < -0.4 is 5.32 Å². The molecule has 0 bridgehead atoms. The van der Waals surface area contributed by atoms with Gasteiger partial charge in [0.15, 0.2) is 0 Å². The van der Waals surface area contributed by atoms with Crippen LogP contribution in [0.25, 0.3) is 0 Å². The zero-order valence-corrected chi connectivity index (χ0v) is 12.8. The topological polar surface area (TPSA) is 42.0 Å². The number of amides is 1. The largest absolute Gasteiger partial charge is 0.309 e. The number of hydrogen-bond acceptors (Lipinski definition) is 3. The number of pyridine rings is 1. The highest BCUT2D eigenvalue weighted by Gasteiger charge is 2.22. The van der Waals surface area contributed by atoms with E-state index in [0.29, 0.717) is 5.82 Å². The second kappa shape index (κ2) is 5.35. The Morgan fingerprint density at radius 3 is 2.56 bits per heavy atom. The van der Waals surface area contributed by atoms with Gasteiger partial charge in [-0.3, -0.25) is 4.79 Å². The van der Waals surface area contributed by atoms with E-state index >= 15 is 0 Å². The molecule has 0 saturated carbocycles. The van der Waals surface area contributed by atoms with Crippen molar-refractivity contribution in [3.8, 4) is 0 Å². The molecule has 0 radical (unpaired) electrons. The molecule has 0 aromatic carbocycles. The van der Waals surface area contributed by atoms with Gasteiger partial charge in [-0.1, -0.05) is 20.8 Å². The van der Waals surface area contributed by atoms with E-state index in [1.54, 1.807) is 18.0 Å². The number of aromatic nitrogens is 1. The molecule has 1 heterocycles. The lowest BCUT2D eigenvalue weighted by molar-refractivity contribution is -0.123. The van der Waals surface area contributed by atoms with E-state index in [-0.39, 0.29) is 5.91 Å². The first-order valence-corrected chi connectivity index (χ1v) is 7.16. The summed E-state index contributed by atoms with van der Waals surface area (Å²) in [5.41, 5.74) is -0.400. The second-order valence-corrected chi connectivity index (χ2v) is 6.45. The quantitative estimate of drug-likeness (QED) is 0.657. The van der Waals surface area contributed by atoms with Crippen LogP contribution in [0.5, 0.6) is 0 Å². The lowest BCUT2D eigenvalue weighted by atomic mass is 9.96. The van der Waals surface area contributed by atoms with Crippen LogP contribution >= 0.6 is 34.4 Å². The van der Waals surface area contributed by atoms with Crippen molar-refractivity contribution < 1.29 is 4.79 Å². The Kier molecular flexibility index (Phi) is 4.61. The summed E-state index contributed by atoms with van der Waals surface area (Å²) in [5.74, 6) is 0.619. The molecular weight excluding hydrogens is 335 g/mol. The molecule has 5 heteroatoms. The van der Waals surface area contributed by atoms with Crippen molar-refractivity contribution >= 4 is 46.1 Å². The molecule has 16 heavy (non-hydrogen) atoms. The average molecular weight is 350 g/mol. The fourth-order valence-corrected chi connectivity index (χ4v) is 2.13. The van der Waals surface area contributed by atoms with Crippen molar-refractivity contribution in [3.63, 3.8) is 0 Å². The van der Waals surface area contributed by atoms with Gasteiger partial charge >= 0.3 is 0 Å². The number of anilines is 1. The molecule has 1 aromatic heterocycles. The SMILES string of the molecule is CSc1cnc(NC(=O)C(C)(C)C)c(I)c1. The van der Waals surface area contributed by atoms with Crippen molar-refractivity contribution in [1.82, 2.24) is 4.98 Å². The van der Waals surface area contributed by atoms with E-state index < -0.39 is 5.41 Å². The van der Waals surface area contributed by atoms with Gasteiger partial charge in [0.05, 0.1) is 3.57 Å². The Balaban J connectivity index is 2.87. The lowest BCUT2D eigenvalue weighted by Crippen LogP contribution is -2.28. The fraction of sp³-hybridized carbons (Fsp3) is 0.455. The molecule has 0 aliphatic rings. The second-order valence-electron chi connectivity index (χ2n) is 4.41. The van der Waals surface area contributed by atoms with Gasteiger partial charge in [0.1, 0.15) is 5.82 Å². The fourth-order valence-electron chi connectivity index (χ4n) is 0.919. The minimum absolute atomic E-state index is 0.0187. The van der Waals surface area contributed by atoms with E-state index in [0.717, 1.165) is 8.47 Å². The molecule has 1 N–H and O–H groups in total. The molecule has 1 rings (SSSR count). The van der Waals surface area contributed by atoms with Crippen molar-refractivity contribution in [2.75, 3.05) is 11.6 Å². The van der Waals surface area contributed by atoms with Crippen molar-refractivity contribution in [1.29, 1.82) is 0 Å². The van der Waals surface area contributed by atoms with Crippen molar-refractivity contribution in [3.05, 3.63) is 15.8 Å². The van der Waals surface area contributed by atoms with Crippen LogP contribution in [0.15, 0.2) is 17.2 Å². The molecular formula is C11H15IN2OS. The van der Waals surface area contributed by atoms with E-state index in [1.165, 1.54) is 0 Å². The van der Waals surface area contributed by atoms with E-state index in [4.69, 9.17) is 0 Å². The Labute approximate surface area is 114 Å². The van der Waals surface area contributed by atoms with E-state index in [1.807, 2.05) is 33.1 Å². The zero-order chi connectivity index (χ0) is 12.3. The number of hydrogen-bond donors (Lipinski definition) is 1. The number of nitrogens with one attached hydrogen (secondary N) is 1. The number of carbonyl (C=O) groups excluding carboxylic acids is 1. The molecule has 0 unspecified atom stereocenters. The molecule has 88 valence electrons. The van der Waals surface area contributed by atoms with Gasteiger partial charge in [0.25, 0.3) is 0 Å². The monoisotopic (exact) mass is 350 g/mol. The van der Waals surface area contributed by atoms with Crippen LogP contribution in [0.2, 0.25) is 0 Å². The maximum absolute atomic E-state index is 11.8. The predicted octanol–water partition coefficient (Wildman–Crippen LogP) is 3.39. The molecule has 1 amide bonds. The maximum atomic E-state index is 11.8.